The Kier molecular flexibility index (Phi) is 10.1. The largest absolute Gasteiger partial charge is 0.354 e. The quantitative estimate of drug-likeness (QED) is 0.185. The average Bonchev–Trinajstić information content (AvgIpc) is 2.94. The second-order valence-corrected chi connectivity index (χ2v) is 10.6. The van der Waals surface area contributed by atoms with Crippen LogP contribution in [0.15, 0.2) is 102 Å². The summed E-state index contributed by atoms with van der Waals surface area (Å²) in [7, 11) is 0. The first-order chi connectivity index (χ1) is 18.5. The highest BCUT2D eigenvalue weighted by Gasteiger charge is 2.30. The van der Waals surface area contributed by atoms with Gasteiger partial charge in [-0.3, -0.25) is 9.59 Å². The molecule has 1 N–H and O–H groups in total. The van der Waals surface area contributed by atoms with Gasteiger partial charge in [0.05, 0.1) is 0 Å². The van der Waals surface area contributed by atoms with Crippen molar-refractivity contribution in [2.45, 2.75) is 51.6 Å². The van der Waals surface area contributed by atoms with E-state index in [9.17, 15) is 9.59 Å². The van der Waals surface area contributed by atoms with Crippen molar-refractivity contribution < 1.29 is 9.59 Å². The standard InChI is InChI=1S/C33H35BrN2O2/c1-2-3-21-35-33(38)31(23-25-11-5-4-6-12-25)36(24-26-13-9-17-29(34)22-26)32(37)20-19-28-16-10-15-27-14-7-8-18-30(27)28/h4-18,22,31H,2-3,19-21,23-24H2,1H3,(H,35,38). The van der Waals surface area contributed by atoms with Crippen molar-refractivity contribution in [2.75, 3.05) is 6.54 Å². The molecule has 38 heavy (non-hydrogen) atoms. The summed E-state index contributed by atoms with van der Waals surface area (Å²) in [5.74, 6) is -0.125. The van der Waals surface area contributed by atoms with Crippen molar-refractivity contribution in [3.05, 3.63) is 118 Å². The molecule has 0 heterocycles. The first-order valence-corrected chi connectivity index (χ1v) is 14.2. The molecule has 4 aromatic rings. The molecule has 0 saturated carbocycles. The summed E-state index contributed by atoms with van der Waals surface area (Å²) >= 11 is 3.55. The van der Waals surface area contributed by atoms with Crippen molar-refractivity contribution in [1.82, 2.24) is 10.2 Å². The van der Waals surface area contributed by atoms with E-state index in [0.29, 0.717) is 32.4 Å². The number of hydrogen-bond donors (Lipinski definition) is 1. The molecule has 4 rings (SSSR count). The lowest BCUT2D eigenvalue weighted by atomic mass is 9.99. The molecule has 0 fully saturated rings. The van der Waals surface area contributed by atoms with Crippen LogP contribution in [0.25, 0.3) is 10.8 Å². The van der Waals surface area contributed by atoms with Gasteiger partial charge in [0, 0.05) is 30.4 Å². The molecule has 0 aliphatic heterocycles. The number of unbranched alkanes of at least 4 members (excludes halogenated alkanes) is 1. The number of benzene rings is 4. The molecule has 1 atom stereocenters. The van der Waals surface area contributed by atoms with Crippen molar-refractivity contribution >= 4 is 38.5 Å². The van der Waals surface area contributed by atoms with Gasteiger partial charge in [0.25, 0.3) is 0 Å². The molecule has 196 valence electrons. The number of nitrogens with one attached hydrogen (secondary N) is 1. The van der Waals surface area contributed by atoms with Crippen LogP contribution < -0.4 is 5.32 Å². The van der Waals surface area contributed by atoms with Crippen molar-refractivity contribution in [3.63, 3.8) is 0 Å². The summed E-state index contributed by atoms with van der Waals surface area (Å²) in [6.07, 6.45) is 3.31. The van der Waals surface area contributed by atoms with E-state index in [1.165, 1.54) is 10.8 Å². The fourth-order valence-corrected chi connectivity index (χ4v) is 5.23. The predicted molar refractivity (Wildman–Crippen MR) is 159 cm³/mol. The van der Waals surface area contributed by atoms with E-state index in [0.717, 1.165) is 34.0 Å². The van der Waals surface area contributed by atoms with E-state index < -0.39 is 6.04 Å². The van der Waals surface area contributed by atoms with Gasteiger partial charge in [0.2, 0.25) is 11.8 Å². The minimum atomic E-state index is -0.603. The number of fused-ring (bicyclic) bond motifs is 1. The number of hydrogen-bond acceptors (Lipinski definition) is 2. The highest BCUT2D eigenvalue weighted by molar-refractivity contribution is 9.10. The summed E-state index contributed by atoms with van der Waals surface area (Å²) in [5, 5.41) is 5.43. The number of halogens is 1. The van der Waals surface area contributed by atoms with Gasteiger partial charge in [-0.05, 0) is 52.4 Å². The average molecular weight is 572 g/mol. The van der Waals surface area contributed by atoms with E-state index in [4.69, 9.17) is 0 Å². The van der Waals surface area contributed by atoms with Crippen LogP contribution in [0.1, 0.15) is 42.9 Å². The maximum absolute atomic E-state index is 13.9. The predicted octanol–water partition coefficient (Wildman–Crippen LogP) is 7.09. The maximum Gasteiger partial charge on any atom is 0.243 e. The lowest BCUT2D eigenvalue weighted by molar-refractivity contribution is -0.141. The Morgan fingerprint density at radius 1 is 0.868 bits per heavy atom. The molecular weight excluding hydrogens is 536 g/mol. The smallest absolute Gasteiger partial charge is 0.243 e. The minimum absolute atomic E-state index is 0.0236. The van der Waals surface area contributed by atoms with Crippen LogP contribution in [0, 0.1) is 0 Å². The Bertz CT molecular complexity index is 1350. The third-order valence-corrected chi connectivity index (χ3v) is 7.32. The summed E-state index contributed by atoms with van der Waals surface area (Å²) in [6, 6.07) is 31.8. The molecule has 0 aromatic heterocycles. The third kappa shape index (κ3) is 7.55. The molecule has 4 nitrogen and oxygen atoms in total. The molecule has 0 bridgehead atoms. The zero-order valence-electron chi connectivity index (χ0n) is 21.9. The Balaban J connectivity index is 1.63. The molecule has 0 radical (unpaired) electrons. The molecule has 1 unspecified atom stereocenters. The van der Waals surface area contributed by atoms with Gasteiger partial charge in [-0.1, -0.05) is 114 Å². The van der Waals surface area contributed by atoms with Crippen LogP contribution in [0.4, 0.5) is 0 Å². The van der Waals surface area contributed by atoms with Crippen LogP contribution in [0.5, 0.6) is 0 Å². The maximum atomic E-state index is 13.9. The number of rotatable bonds is 12. The van der Waals surface area contributed by atoms with Gasteiger partial charge in [-0.25, -0.2) is 0 Å². The van der Waals surface area contributed by atoms with Gasteiger partial charge in [0.1, 0.15) is 6.04 Å². The monoisotopic (exact) mass is 570 g/mol. The molecule has 0 spiro atoms. The van der Waals surface area contributed by atoms with E-state index >= 15 is 0 Å². The zero-order valence-corrected chi connectivity index (χ0v) is 23.5. The Hall–Kier alpha value is -3.44. The first-order valence-electron chi connectivity index (χ1n) is 13.4. The molecule has 5 heteroatoms. The van der Waals surface area contributed by atoms with Crippen molar-refractivity contribution in [2.24, 2.45) is 0 Å². The highest BCUT2D eigenvalue weighted by atomic mass is 79.9. The van der Waals surface area contributed by atoms with E-state index in [2.05, 4.69) is 52.4 Å². The van der Waals surface area contributed by atoms with E-state index in [1.807, 2.05) is 72.8 Å². The second kappa shape index (κ2) is 13.9. The molecular formula is C33H35BrN2O2. The number of aryl methyl sites for hydroxylation is 1. The van der Waals surface area contributed by atoms with Gasteiger partial charge >= 0.3 is 0 Å². The normalized spacial score (nSPS) is 11.7. The van der Waals surface area contributed by atoms with Gasteiger partial charge < -0.3 is 10.2 Å². The minimum Gasteiger partial charge on any atom is -0.354 e. The molecule has 0 saturated heterocycles. The fraction of sp³-hybridized carbons (Fsp3) is 0.273. The van der Waals surface area contributed by atoms with Crippen molar-refractivity contribution in [3.8, 4) is 0 Å². The first kappa shape index (κ1) is 27.6. The molecule has 2 amide bonds. The van der Waals surface area contributed by atoms with E-state index in [1.54, 1.807) is 4.90 Å². The van der Waals surface area contributed by atoms with Crippen LogP contribution in [-0.2, 0) is 29.0 Å². The molecule has 0 aliphatic carbocycles. The molecule has 0 aliphatic rings. The zero-order chi connectivity index (χ0) is 26.7. The highest BCUT2D eigenvalue weighted by Crippen LogP contribution is 2.22. The Morgan fingerprint density at radius 3 is 2.37 bits per heavy atom. The summed E-state index contributed by atoms with van der Waals surface area (Å²) in [5.41, 5.74) is 3.16. The van der Waals surface area contributed by atoms with E-state index in [-0.39, 0.29) is 11.8 Å². The third-order valence-electron chi connectivity index (χ3n) is 6.83. The topological polar surface area (TPSA) is 49.4 Å². The Labute approximate surface area is 234 Å². The number of nitrogens with zero attached hydrogens (tertiary/aromatic N) is 1. The van der Waals surface area contributed by atoms with Crippen LogP contribution in [0.2, 0.25) is 0 Å². The van der Waals surface area contributed by atoms with Crippen LogP contribution in [-0.4, -0.2) is 29.3 Å². The SMILES string of the molecule is CCCCNC(=O)C(Cc1ccccc1)N(Cc1cccc(Br)c1)C(=O)CCc1cccc2ccccc12. The summed E-state index contributed by atoms with van der Waals surface area (Å²) in [4.78, 5) is 29.3. The summed E-state index contributed by atoms with van der Waals surface area (Å²) in [6.45, 7) is 3.08. The van der Waals surface area contributed by atoms with Gasteiger partial charge in [-0.15, -0.1) is 0 Å². The van der Waals surface area contributed by atoms with Crippen LogP contribution >= 0.6 is 15.9 Å². The van der Waals surface area contributed by atoms with Crippen molar-refractivity contribution in [1.29, 1.82) is 0 Å². The van der Waals surface area contributed by atoms with Gasteiger partial charge in [0.15, 0.2) is 0 Å². The lowest BCUT2D eigenvalue weighted by Crippen LogP contribution is -2.50. The Morgan fingerprint density at radius 2 is 1.58 bits per heavy atom. The fourth-order valence-electron chi connectivity index (χ4n) is 4.79. The van der Waals surface area contributed by atoms with Crippen LogP contribution in [0.3, 0.4) is 0 Å². The lowest BCUT2D eigenvalue weighted by Gasteiger charge is -2.32. The number of amides is 2. The number of carbonyl (C=O) groups excluding carboxylic acids is 2. The second-order valence-electron chi connectivity index (χ2n) is 9.64. The number of carbonyl (C=O) groups is 2. The molecule has 4 aromatic carbocycles. The van der Waals surface area contributed by atoms with Gasteiger partial charge in [-0.2, -0.15) is 0 Å². The summed E-state index contributed by atoms with van der Waals surface area (Å²) < 4.78 is 0.949.